The molecule has 1 aliphatic heterocycles. The van der Waals surface area contributed by atoms with E-state index in [1.807, 2.05) is 0 Å². The number of ether oxygens (including phenoxy) is 3. The summed E-state index contributed by atoms with van der Waals surface area (Å²) in [5, 5.41) is 0.487. The van der Waals surface area contributed by atoms with Crippen LogP contribution in [0.5, 0.6) is 11.5 Å². The number of hydrogen-bond donors (Lipinski definition) is 1. The maximum absolute atomic E-state index is 12.3. The second-order valence-electron chi connectivity index (χ2n) is 5.58. The van der Waals surface area contributed by atoms with Crippen LogP contribution in [0.4, 0.5) is 0 Å². The van der Waals surface area contributed by atoms with Crippen LogP contribution in [0.1, 0.15) is 29.2 Å². The summed E-state index contributed by atoms with van der Waals surface area (Å²) in [5.41, 5.74) is 0.609. The van der Waals surface area contributed by atoms with Gasteiger partial charge in [-0.2, -0.15) is 0 Å². The fourth-order valence-electron chi connectivity index (χ4n) is 2.60. The summed E-state index contributed by atoms with van der Waals surface area (Å²) in [6, 6.07) is 11.8. The Morgan fingerprint density at radius 2 is 2.00 bits per heavy atom. The number of nitrogens with zero attached hydrogens (tertiary/aromatic N) is 1. The number of benzene rings is 2. The van der Waals surface area contributed by atoms with E-state index in [1.54, 1.807) is 49.4 Å². The number of para-hydroxylation sites is 1. The summed E-state index contributed by atoms with van der Waals surface area (Å²) >= 11 is 0. The highest BCUT2D eigenvalue weighted by atomic mass is 16.7. The van der Waals surface area contributed by atoms with Crippen LogP contribution >= 0.6 is 0 Å². The number of H-pyrrole nitrogens is 1. The quantitative estimate of drug-likeness (QED) is 0.738. The van der Waals surface area contributed by atoms with Crippen molar-refractivity contribution >= 4 is 16.9 Å². The first-order chi connectivity index (χ1) is 12.1. The molecule has 2 heterocycles. The Kier molecular flexibility index (Phi) is 3.61. The minimum atomic E-state index is -0.713. The largest absolute Gasteiger partial charge is 0.454 e. The molecule has 1 aliphatic rings. The lowest BCUT2D eigenvalue weighted by molar-refractivity contribution is 0.0319. The second-order valence-corrected chi connectivity index (χ2v) is 5.58. The van der Waals surface area contributed by atoms with Crippen LogP contribution in [0.15, 0.2) is 47.3 Å². The van der Waals surface area contributed by atoms with Crippen LogP contribution < -0.4 is 15.0 Å². The van der Waals surface area contributed by atoms with Gasteiger partial charge in [0.2, 0.25) is 6.79 Å². The Labute approximate surface area is 142 Å². The molecule has 1 N–H and O–H groups in total. The summed E-state index contributed by atoms with van der Waals surface area (Å²) in [6.07, 6.45) is -0.713. The molecule has 0 bridgehead atoms. The molecule has 0 amide bonds. The molecule has 0 fully saturated rings. The molecule has 0 radical (unpaired) electrons. The van der Waals surface area contributed by atoms with Crippen molar-refractivity contribution in [2.24, 2.45) is 0 Å². The molecule has 0 saturated carbocycles. The van der Waals surface area contributed by atoms with Crippen molar-refractivity contribution in [2.75, 3.05) is 6.79 Å². The number of aromatic nitrogens is 2. The fourth-order valence-corrected chi connectivity index (χ4v) is 2.60. The zero-order valence-electron chi connectivity index (χ0n) is 13.3. The van der Waals surface area contributed by atoms with Crippen LogP contribution in [-0.2, 0) is 4.74 Å². The van der Waals surface area contributed by atoms with Gasteiger partial charge < -0.3 is 19.2 Å². The normalized spacial score (nSPS) is 13.6. The summed E-state index contributed by atoms with van der Waals surface area (Å²) < 4.78 is 15.9. The molecule has 2 aromatic carbocycles. The van der Waals surface area contributed by atoms with Crippen molar-refractivity contribution in [2.45, 2.75) is 13.0 Å². The monoisotopic (exact) mass is 338 g/mol. The first-order valence-electron chi connectivity index (χ1n) is 7.71. The van der Waals surface area contributed by atoms with Gasteiger partial charge in [-0.05, 0) is 37.3 Å². The topological polar surface area (TPSA) is 90.5 Å². The fraction of sp³-hybridized carbons (Fsp3) is 0.167. The summed E-state index contributed by atoms with van der Waals surface area (Å²) in [7, 11) is 0. The third-order valence-corrected chi connectivity index (χ3v) is 3.91. The van der Waals surface area contributed by atoms with Gasteiger partial charge in [0.1, 0.15) is 0 Å². The smallest absolute Gasteiger partial charge is 0.338 e. The minimum absolute atomic E-state index is 0.131. The third kappa shape index (κ3) is 2.80. The number of carbonyl (C=O) groups is 1. The highest BCUT2D eigenvalue weighted by Gasteiger charge is 2.20. The molecule has 126 valence electrons. The molecular weight excluding hydrogens is 324 g/mol. The molecule has 25 heavy (non-hydrogen) atoms. The van der Waals surface area contributed by atoms with Crippen molar-refractivity contribution < 1.29 is 19.0 Å². The van der Waals surface area contributed by atoms with E-state index in [0.29, 0.717) is 28.0 Å². The predicted molar refractivity (Wildman–Crippen MR) is 88.8 cm³/mol. The molecule has 1 unspecified atom stereocenters. The van der Waals surface area contributed by atoms with Crippen molar-refractivity contribution in [3.63, 3.8) is 0 Å². The highest BCUT2D eigenvalue weighted by Crippen LogP contribution is 2.33. The lowest BCUT2D eigenvalue weighted by Gasteiger charge is -2.13. The Morgan fingerprint density at radius 3 is 2.88 bits per heavy atom. The number of nitrogens with one attached hydrogen (secondary N) is 1. The summed E-state index contributed by atoms with van der Waals surface area (Å²) in [4.78, 5) is 31.5. The lowest BCUT2D eigenvalue weighted by atomic mass is 10.2. The Balaban J connectivity index is 1.58. The van der Waals surface area contributed by atoms with Crippen molar-refractivity contribution in [1.29, 1.82) is 0 Å². The molecule has 4 rings (SSSR count). The van der Waals surface area contributed by atoms with Gasteiger partial charge in [0, 0.05) is 0 Å². The van der Waals surface area contributed by atoms with Crippen LogP contribution in [-0.4, -0.2) is 22.7 Å². The SMILES string of the molecule is CC(OC(=O)c1ccc2c(c1)OCO2)c1nc2ccccc2c(=O)[nH]1. The molecule has 0 spiro atoms. The van der Waals surface area contributed by atoms with Crippen LogP contribution in [0, 0.1) is 0 Å². The van der Waals surface area contributed by atoms with E-state index < -0.39 is 12.1 Å². The predicted octanol–water partition coefficient (Wildman–Crippen LogP) is 2.57. The Morgan fingerprint density at radius 1 is 1.20 bits per heavy atom. The van der Waals surface area contributed by atoms with Crippen molar-refractivity contribution in [1.82, 2.24) is 9.97 Å². The third-order valence-electron chi connectivity index (χ3n) is 3.91. The zero-order valence-corrected chi connectivity index (χ0v) is 13.3. The minimum Gasteiger partial charge on any atom is -0.454 e. The molecular formula is C18H14N2O5. The Hall–Kier alpha value is -3.35. The molecule has 1 aromatic heterocycles. The number of carbonyl (C=O) groups excluding carboxylic acids is 1. The number of hydrogen-bond acceptors (Lipinski definition) is 6. The van der Waals surface area contributed by atoms with Gasteiger partial charge in [-0.15, -0.1) is 0 Å². The average molecular weight is 338 g/mol. The van der Waals surface area contributed by atoms with Crippen LogP contribution in [0.25, 0.3) is 10.9 Å². The van der Waals surface area contributed by atoms with Crippen molar-refractivity contribution in [3.8, 4) is 11.5 Å². The molecule has 7 heteroatoms. The van der Waals surface area contributed by atoms with Gasteiger partial charge in [-0.1, -0.05) is 12.1 Å². The van der Waals surface area contributed by atoms with Gasteiger partial charge >= 0.3 is 5.97 Å². The number of esters is 1. The molecule has 0 saturated heterocycles. The first kappa shape index (κ1) is 15.2. The van der Waals surface area contributed by atoms with Gasteiger partial charge in [-0.3, -0.25) is 4.79 Å². The van der Waals surface area contributed by atoms with E-state index in [4.69, 9.17) is 14.2 Å². The summed E-state index contributed by atoms with van der Waals surface area (Å²) in [6.45, 7) is 1.78. The first-order valence-corrected chi connectivity index (χ1v) is 7.71. The van der Waals surface area contributed by atoms with E-state index in [9.17, 15) is 9.59 Å². The van der Waals surface area contributed by atoms with Crippen molar-refractivity contribution in [3.05, 3.63) is 64.2 Å². The van der Waals surface area contributed by atoms with E-state index in [1.165, 1.54) is 0 Å². The number of fused-ring (bicyclic) bond motifs is 2. The molecule has 1 atom stereocenters. The standard InChI is InChI=1S/C18H14N2O5/c1-10(16-19-13-5-3-2-4-12(13)17(21)20-16)25-18(22)11-6-7-14-15(8-11)24-9-23-14/h2-8,10H,9H2,1H3,(H,19,20,21). The number of aromatic amines is 1. The molecule has 7 nitrogen and oxygen atoms in total. The maximum Gasteiger partial charge on any atom is 0.338 e. The zero-order chi connectivity index (χ0) is 17.4. The van der Waals surface area contributed by atoms with Gasteiger partial charge in [0.25, 0.3) is 5.56 Å². The Bertz CT molecular complexity index is 1030. The van der Waals surface area contributed by atoms with E-state index in [0.717, 1.165) is 0 Å². The van der Waals surface area contributed by atoms with Gasteiger partial charge in [0.05, 0.1) is 16.5 Å². The van der Waals surface area contributed by atoms with Crippen LogP contribution in [0.3, 0.4) is 0 Å². The van der Waals surface area contributed by atoms with Gasteiger partial charge in [0.15, 0.2) is 23.4 Å². The molecule has 3 aromatic rings. The lowest BCUT2D eigenvalue weighted by Crippen LogP contribution is -2.17. The maximum atomic E-state index is 12.3. The highest BCUT2D eigenvalue weighted by molar-refractivity contribution is 5.90. The van der Waals surface area contributed by atoms with E-state index in [-0.39, 0.29) is 18.2 Å². The average Bonchev–Trinajstić information content (AvgIpc) is 3.09. The van der Waals surface area contributed by atoms with Crippen LogP contribution in [0.2, 0.25) is 0 Å². The summed E-state index contributed by atoms with van der Waals surface area (Å²) in [5.74, 6) is 0.837. The second kappa shape index (κ2) is 5.94. The van der Waals surface area contributed by atoms with Gasteiger partial charge in [-0.25, -0.2) is 9.78 Å². The van der Waals surface area contributed by atoms with E-state index in [2.05, 4.69) is 9.97 Å². The molecule has 0 aliphatic carbocycles. The van der Waals surface area contributed by atoms with E-state index >= 15 is 0 Å². The number of rotatable bonds is 3.